The van der Waals surface area contributed by atoms with Gasteiger partial charge in [0.25, 0.3) is 0 Å². The zero-order chi connectivity index (χ0) is 24.7. The first-order valence-electron chi connectivity index (χ1n) is 13.9. The molecule has 6 heteroatoms. The molecule has 0 bridgehead atoms. The van der Waals surface area contributed by atoms with Gasteiger partial charge in [-0.2, -0.15) is 0 Å². The summed E-state index contributed by atoms with van der Waals surface area (Å²) >= 11 is 0. The summed E-state index contributed by atoms with van der Waals surface area (Å²) in [4.78, 5) is 0. The van der Waals surface area contributed by atoms with E-state index in [1.807, 2.05) is 0 Å². The normalized spacial score (nSPS) is 11.1. The number of aliphatic hydroxyl groups is 5. The molecular formula is C27H58O6. The predicted octanol–water partition coefficient (Wildman–Crippen LogP) is 5.12. The second kappa shape index (κ2) is 33.9. The van der Waals surface area contributed by atoms with Crippen LogP contribution in [-0.4, -0.2) is 71.3 Å². The van der Waals surface area contributed by atoms with Crippen LogP contribution in [0.2, 0.25) is 0 Å². The molecule has 0 rings (SSSR count). The summed E-state index contributed by atoms with van der Waals surface area (Å²) < 4.78 is 5.76. The van der Waals surface area contributed by atoms with E-state index in [0.29, 0.717) is 13.2 Å². The van der Waals surface area contributed by atoms with E-state index in [0.717, 1.165) is 26.1 Å². The van der Waals surface area contributed by atoms with E-state index in [9.17, 15) is 0 Å². The third-order valence-corrected chi connectivity index (χ3v) is 5.82. The minimum atomic E-state index is -0.954. The average molecular weight is 479 g/mol. The van der Waals surface area contributed by atoms with Crippen LogP contribution >= 0.6 is 0 Å². The van der Waals surface area contributed by atoms with Crippen LogP contribution in [0.25, 0.3) is 0 Å². The molecule has 0 aliphatic heterocycles. The second-order valence-electron chi connectivity index (χ2n) is 9.15. The Morgan fingerprint density at radius 3 is 0.818 bits per heavy atom. The van der Waals surface area contributed by atoms with Crippen molar-refractivity contribution in [2.75, 3.05) is 39.6 Å². The Kier molecular flexibility index (Phi) is 35.9. The Bertz CT molecular complexity index is 289. The van der Waals surface area contributed by atoms with E-state index in [-0.39, 0.29) is 13.2 Å². The van der Waals surface area contributed by atoms with E-state index < -0.39 is 6.10 Å². The molecule has 0 fully saturated rings. The van der Waals surface area contributed by atoms with Crippen LogP contribution in [-0.2, 0) is 4.74 Å². The van der Waals surface area contributed by atoms with E-state index in [1.165, 1.54) is 116 Å². The van der Waals surface area contributed by atoms with Crippen LogP contribution in [0.3, 0.4) is 0 Å². The van der Waals surface area contributed by atoms with Crippen LogP contribution in [0.4, 0.5) is 0 Å². The highest BCUT2D eigenvalue weighted by molar-refractivity contribution is 4.50. The first-order valence-corrected chi connectivity index (χ1v) is 13.9. The molecule has 0 aromatic carbocycles. The molecule has 0 heterocycles. The smallest absolute Gasteiger partial charge is 0.100 e. The monoisotopic (exact) mass is 478 g/mol. The Labute approximate surface area is 204 Å². The lowest BCUT2D eigenvalue weighted by Crippen LogP contribution is -2.15. The first-order chi connectivity index (χ1) is 16.2. The van der Waals surface area contributed by atoms with E-state index >= 15 is 0 Å². The first kappa shape index (κ1) is 34.9. The van der Waals surface area contributed by atoms with Crippen LogP contribution in [0, 0.1) is 0 Å². The van der Waals surface area contributed by atoms with Crippen molar-refractivity contribution < 1.29 is 30.3 Å². The molecule has 202 valence electrons. The highest BCUT2D eigenvalue weighted by Crippen LogP contribution is 2.12. The van der Waals surface area contributed by atoms with Gasteiger partial charge in [-0.1, -0.05) is 103 Å². The average Bonchev–Trinajstić information content (AvgIpc) is 2.84. The molecule has 6 nitrogen and oxygen atoms in total. The lowest BCUT2D eigenvalue weighted by Gasteiger charge is -2.05. The number of hydrogen-bond donors (Lipinski definition) is 5. The number of ether oxygens (including phenoxy) is 1. The van der Waals surface area contributed by atoms with Gasteiger partial charge in [0.2, 0.25) is 0 Å². The van der Waals surface area contributed by atoms with Crippen molar-refractivity contribution in [2.45, 2.75) is 135 Å². The van der Waals surface area contributed by atoms with Gasteiger partial charge in [-0.05, 0) is 25.7 Å². The lowest BCUT2D eigenvalue weighted by molar-refractivity contribution is 0.0450. The molecule has 0 radical (unpaired) electrons. The molecule has 0 aliphatic carbocycles. The van der Waals surface area contributed by atoms with Crippen LogP contribution in [0.1, 0.15) is 128 Å². The van der Waals surface area contributed by atoms with Gasteiger partial charge in [-0.3, -0.25) is 0 Å². The molecule has 0 saturated carbocycles. The Balaban J connectivity index is 0. The number of unbranched alkanes of at least 4 members (excludes halogenated alkanes) is 18. The van der Waals surface area contributed by atoms with Crippen LogP contribution in [0.15, 0.2) is 0 Å². The summed E-state index contributed by atoms with van der Waals surface area (Å²) in [7, 11) is 0. The predicted molar refractivity (Wildman–Crippen MR) is 138 cm³/mol. The summed E-state index contributed by atoms with van der Waals surface area (Å²) in [6.45, 7) is 1.89. The SMILES string of the molecule is OCC(O)CO.OCCCCCCCCCCCCOCCCCCCCCCCCCO. The fourth-order valence-corrected chi connectivity index (χ4v) is 3.62. The second-order valence-corrected chi connectivity index (χ2v) is 9.15. The Morgan fingerprint density at radius 2 is 0.606 bits per heavy atom. The summed E-state index contributed by atoms with van der Waals surface area (Å²) in [5.74, 6) is 0. The number of rotatable bonds is 26. The minimum absolute atomic E-state index is 0.357. The quantitative estimate of drug-likeness (QED) is 0.110. The highest BCUT2D eigenvalue weighted by Gasteiger charge is 1.96. The van der Waals surface area contributed by atoms with E-state index in [2.05, 4.69) is 0 Å². The zero-order valence-corrected chi connectivity index (χ0v) is 21.6. The molecule has 0 aromatic heterocycles. The highest BCUT2D eigenvalue weighted by atomic mass is 16.5. The summed E-state index contributed by atoms with van der Waals surface area (Å²) in [5.41, 5.74) is 0. The van der Waals surface area contributed by atoms with Crippen molar-refractivity contribution in [3.8, 4) is 0 Å². The maximum absolute atomic E-state index is 8.72. The van der Waals surface area contributed by atoms with Crippen molar-refractivity contribution in [2.24, 2.45) is 0 Å². The molecule has 0 spiro atoms. The number of hydrogen-bond acceptors (Lipinski definition) is 6. The maximum atomic E-state index is 8.72. The van der Waals surface area contributed by atoms with Crippen molar-refractivity contribution in [1.82, 2.24) is 0 Å². The summed E-state index contributed by atoms with van der Waals surface area (Å²) in [6, 6.07) is 0. The van der Waals surface area contributed by atoms with Gasteiger partial charge in [-0.25, -0.2) is 0 Å². The van der Waals surface area contributed by atoms with Gasteiger partial charge in [0.15, 0.2) is 0 Å². The Hall–Kier alpha value is -0.240. The van der Waals surface area contributed by atoms with E-state index in [4.69, 9.17) is 30.3 Å². The maximum Gasteiger partial charge on any atom is 0.100 e. The third-order valence-electron chi connectivity index (χ3n) is 5.82. The number of aliphatic hydroxyl groups excluding tert-OH is 5. The standard InChI is InChI=1S/C24H50O3.C3H8O3/c25-21-17-13-9-5-1-3-7-11-15-19-23-27-24-20-16-12-8-4-2-6-10-14-18-22-26;4-1-3(6)2-5/h25-26H,1-24H2;3-6H,1-2H2. The molecule has 0 unspecified atom stereocenters. The topological polar surface area (TPSA) is 110 Å². The van der Waals surface area contributed by atoms with Crippen molar-refractivity contribution in [1.29, 1.82) is 0 Å². The van der Waals surface area contributed by atoms with Crippen LogP contribution < -0.4 is 0 Å². The van der Waals surface area contributed by atoms with Crippen molar-refractivity contribution >= 4 is 0 Å². The van der Waals surface area contributed by atoms with Gasteiger partial charge in [0.1, 0.15) is 6.10 Å². The van der Waals surface area contributed by atoms with Crippen molar-refractivity contribution in [3.05, 3.63) is 0 Å². The van der Waals surface area contributed by atoms with Gasteiger partial charge < -0.3 is 30.3 Å². The summed E-state index contributed by atoms with van der Waals surface area (Å²) in [5, 5.41) is 41.5. The van der Waals surface area contributed by atoms with Gasteiger partial charge in [-0.15, -0.1) is 0 Å². The summed E-state index contributed by atoms with van der Waals surface area (Å²) in [6.07, 6.45) is 24.7. The van der Waals surface area contributed by atoms with Crippen LogP contribution in [0.5, 0.6) is 0 Å². The zero-order valence-electron chi connectivity index (χ0n) is 21.6. The van der Waals surface area contributed by atoms with E-state index in [1.54, 1.807) is 0 Å². The molecule has 0 amide bonds. The molecule has 0 saturated heterocycles. The fourth-order valence-electron chi connectivity index (χ4n) is 3.62. The Morgan fingerprint density at radius 1 is 0.364 bits per heavy atom. The molecule has 33 heavy (non-hydrogen) atoms. The van der Waals surface area contributed by atoms with Gasteiger partial charge >= 0.3 is 0 Å². The fraction of sp³-hybridized carbons (Fsp3) is 1.00. The van der Waals surface area contributed by atoms with Gasteiger partial charge in [0, 0.05) is 26.4 Å². The minimum Gasteiger partial charge on any atom is -0.396 e. The van der Waals surface area contributed by atoms with Crippen molar-refractivity contribution in [3.63, 3.8) is 0 Å². The van der Waals surface area contributed by atoms with Gasteiger partial charge in [0.05, 0.1) is 13.2 Å². The third kappa shape index (κ3) is 36.5. The molecule has 0 aromatic rings. The molecule has 5 N–H and O–H groups in total. The molecular weight excluding hydrogens is 420 g/mol. The lowest BCUT2D eigenvalue weighted by atomic mass is 10.1. The molecule has 0 atom stereocenters. The largest absolute Gasteiger partial charge is 0.396 e. The molecule has 0 aliphatic rings.